The normalized spacial score (nSPS) is 12.1. The van der Waals surface area contributed by atoms with Crippen molar-refractivity contribution in [1.29, 1.82) is 0 Å². The molecule has 0 N–H and O–H groups in total. The van der Waals surface area contributed by atoms with Gasteiger partial charge < -0.3 is 9.09 Å². The average Bonchev–Trinajstić information content (AvgIpc) is 3.27. The first-order valence-electron chi connectivity index (χ1n) is 8.96. The monoisotopic (exact) mass is 409 g/mol. The van der Waals surface area contributed by atoms with Gasteiger partial charge in [-0.1, -0.05) is 5.16 Å². The van der Waals surface area contributed by atoms with Crippen molar-refractivity contribution >= 4 is 5.78 Å². The fourth-order valence-corrected chi connectivity index (χ4v) is 3.31. The average molecular weight is 409 g/mol. The van der Waals surface area contributed by atoms with E-state index >= 15 is 0 Å². The predicted molar refractivity (Wildman–Crippen MR) is 99.0 cm³/mol. The molecule has 0 aliphatic rings. The maximum absolute atomic E-state index is 12.8. The molecular formula is C19H22F3N5O2. The third kappa shape index (κ3) is 4.76. The van der Waals surface area contributed by atoms with Crippen LogP contribution in [0.15, 0.2) is 29.0 Å². The lowest BCUT2D eigenvalue weighted by atomic mass is 10.1. The number of rotatable bonds is 7. The van der Waals surface area contributed by atoms with Crippen molar-refractivity contribution in [3.05, 3.63) is 53.1 Å². The summed E-state index contributed by atoms with van der Waals surface area (Å²) >= 11 is 0. The van der Waals surface area contributed by atoms with Gasteiger partial charge in [0.15, 0.2) is 11.6 Å². The fourth-order valence-electron chi connectivity index (χ4n) is 3.31. The Labute approximate surface area is 165 Å². The number of ketones is 1. The van der Waals surface area contributed by atoms with Gasteiger partial charge in [-0.3, -0.25) is 14.3 Å². The Kier molecular flexibility index (Phi) is 5.65. The number of halogens is 3. The Bertz CT molecular complexity index is 1020. The number of nitrogens with zero attached hydrogens (tertiary/aromatic N) is 5. The van der Waals surface area contributed by atoms with Crippen LogP contribution in [-0.2, 0) is 13.1 Å². The standard InChI is InChI=1S/C19H22F3N5O2/c1-12-7-15(14(3)27(12)17-8-13(2)29-24-17)16(28)9-25(4)10-18-23-5-6-26(18)11-19(20,21)22/h5-8H,9-11H2,1-4H3. The number of aromatic nitrogens is 4. The Morgan fingerprint density at radius 2 is 1.97 bits per heavy atom. The van der Waals surface area contributed by atoms with E-state index in [9.17, 15) is 18.0 Å². The van der Waals surface area contributed by atoms with Crippen molar-refractivity contribution < 1.29 is 22.5 Å². The van der Waals surface area contributed by atoms with Gasteiger partial charge in [0.25, 0.3) is 0 Å². The molecule has 0 saturated heterocycles. The van der Waals surface area contributed by atoms with E-state index in [1.807, 2.05) is 18.4 Å². The molecule has 10 heteroatoms. The van der Waals surface area contributed by atoms with E-state index in [2.05, 4.69) is 10.1 Å². The fraction of sp³-hybridized carbons (Fsp3) is 0.421. The molecule has 0 unspecified atom stereocenters. The number of hydrogen-bond acceptors (Lipinski definition) is 5. The highest BCUT2D eigenvalue weighted by atomic mass is 19.4. The van der Waals surface area contributed by atoms with Crippen LogP contribution in [0.2, 0.25) is 0 Å². The maximum Gasteiger partial charge on any atom is 0.406 e. The molecule has 29 heavy (non-hydrogen) atoms. The van der Waals surface area contributed by atoms with Crippen LogP contribution in [0.25, 0.3) is 5.82 Å². The minimum atomic E-state index is -4.33. The topological polar surface area (TPSA) is 69.1 Å². The summed E-state index contributed by atoms with van der Waals surface area (Å²) in [5, 5.41) is 3.99. The number of carbonyl (C=O) groups excluding carboxylic acids is 1. The van der Waals surface area contributed by atoms with Gasteiger partial charge in [0.2, 0.25) is 0 Å². The lowest BCUT2D eigenvalue weighted by Gasteiger charge is -2.17. The summed E-state index contributed by atoms with van der Waals surface area (Å²) in [4.78, 5) is 18.4. The second-order valence-electron chi connectivity index (χ2n) is 7.10. The number of alkyl halides is 3. The predicted octanol–water partition coefficient (Wildman–Crippen LogP) is 3.46. The third-order valence-electron chi connectivity index (χ3n) is 4.55. The Balaban J connectivity index is 1.72. The maximum atomic E-state index is 12.8. The van der Waals surface area contributed by atoms with E-state index in [0.29, 0.717) is 17.1 Å². The van der Waals surface area contributed by atoms with Gasteiger partial charge in [0.1, 0.15) is 18.1 Å². The second kappa shape index (κ2) is 7.86. The number of hydrogen-bond donors (Lipinski definition) is 0. The number of Topliss-reactive ketones (excluding diaryl/α,β-unsaturated/α-hetero) is 1. The van der Waals surface area contributed by atoms with Gasteiger partial charge in [0.05, 0.1) is 13.1 Å². The van der Waals surface area contributed by atoms with Crippen LogP contribution in [0.4, 0.5) is 13.2 Å². The summed E-state index contributed by atoms with van der Waals surface area (Å²) in [5.41, 5.74) is 2.10. The van der Waals surface area contributed by atoms with Crippen molar-refractivity contribution in [3.8, 4) is 5.82 Å². The minimum absolute atomic E-state index is 0.0427. The summed E-state index contributed by atoms with van der Waals surface area (Å²) in [7, 11) is 1.67. The molecule has 7 nitrogen and oxygen atoms in total. The van der Waals surface area contributed by atoms with Gasteiger partial charge in [0, 0.05) is 35.4 Å². The van der Waals surface area contributed by atoms with Crippen LogP contribution in [0, 0.1) is 20.8 Å². The van der Waals surface area contributed by atoms with E-state index < -0.39 is 12.7 Å². The second-order valence-corrected chi connectivity index (χ2v) is 7.10. The summed E-state index contributed by atoms with van der Waals surface area (Å²) < 4.78 is 46.0. The summed E-state index contributed by atoms with van der Waals surface area (Å²) in [6.07, 6.45) is -1.73. The molecule has 3 aromatic heterocycles. The smallest absolute Gasteiger partial charge is 0.360 e. The van der Waals surface area contributed by atoms with Crippen molar-refractivity contribution in [2.24, 2.45) is 0 Å². The van der Waals surface area contributed by atoms with Crippen LogP contribution in [0.1, 0.15) is 33.3 Å². The number of likely N-dealkylation sites (N-methyl/N-ethyl adjacent to an activating group) is 1. The van der Waals surface area contributed by atoms with Gasteiger partial charge in [-0.05, 0) is 33.9 Å². The van der Waals surface area contributed by atoms with Crippen molar-refractivity contribution in [2.75, 3.05) is 13.6 Å². The summed E-state index contributed by atoms with van der Waals surface area (Å²) in [5.74, 6) is 1.37. The van der Waals surface area contributed by atoms with Crippen molar-refractivity contribution in [2.45, 2.75) is 40.0 Å². The zero-order chi connectivity index (χ0) is 21.3. The molecule has 0 radical (unpaired) electrons. The highest BCUT2D eigenvalue weighted by Gasteiger charge is 2.29. The van der Waals surface area contributed by atoms with Crippen molar-refractivity contribution in [3.63, 3.8) is 0 Å². The van der Waals surface area contributed by atoms with E-state index in [1.165, 1.54) is 12.4 Å². The molecule has 0 amide bonds. The Morgan fingerprint density at radius 1 is 1.24 bits per heavy atom. The number of carbonyl (C=O) groups is 1. The van der Waals surface area contributed by atoms with Gasteiger partial charge in [-0.25, -0.2) is 4.98 Å². The van der Waals surface area contributed by atoms with Crippen LogP contribution in [0.5, 0.6) is 0 Å². The van der Waals surface area contributed by atoms with E-state index in [0.717, 1.165) is 16.0 Å². The van der Waals surface area contributed by atoms with E-state index in [4.69, 9.17) is 4.52 Å². The third-order valence-corrected chi connectivity index (χ3v) is 4.55. The first-order valence-corrected chi connectivity index (χ1v) is 8.96. The highest BCUT2D eigenvalue weighted by molar-refractivity contribution is 5.99. The molecule has 0 saturated carbocycles. The largest absolute Gasteiger partial charge is 0.406 e. The molecule has 0 aliphatic heterocycles. The summed E-state index contributed by atoms with van der Waals surface area (Å²) in [6.45, 7) is 4.53. The molecule has 0 atom stereocenters. The molecule has 0 bridgehead atoms. The molecular weight excluding hydrogens is 387 g/mol. The van der Waals surface area contributed by atoms with Gasteiger partial charge in [-0.15, -0.1) is 0 Å². The minimum Gasteiger partial charge on any atom is -0.360 e. The van der Waals surface area contributed by atoms with Gasteiger partial charge >= 0.3 is 6.18 Å². The van der Waals surface area contributed by atoms with Crippen LogP contribution in [-0.4, -0.2) is 49.7 Å². The zero-order valence-electron chi connectivity index (χ0n) is 16.6. The van der Waals surface area contributed by atoms with Crippen molar-refractivity contribution in [1.82, 2.24) is 24.2 Å². The lowest BCUT2D eigenvalue weighted by molar-refractivity contribution is -0.141. The molecule has 156 valence electrons. The SMILES string of the molecule is Cc1cc(-n2c(C)cc(C(=O)CN(C)Cc3nccn3CC(F)(F)F)c2C)no1. The molecule has 3 heterocycles. The van der Waals surface area contributed by atoms with Crippen LogP contribution < -0.4 is 0 Å². The molecule has 0 aliphatic carbocycles. The molecule has 0 fully saturated rings. The van der Waals surface area contributed by atoms with E-state index in [-0.39, 0.29) is 24.7 Å². The number of imidazole rings is 1. The Morgan fingerprint density at radius 3 is 2.59 bits per heavy atom. The van der Waals surface area contributed by atoms with Crippen LogP contribution >= 0.6 is 0 Å². The van der Waals surface area contributed by atoms with E-state index in [1.54, 1.807) is 31.0 Å². The summed E-state index contributed by atoms with van der Waals surface area (Å²) in [6, 6.07) is 3.56. The number of aryl methyl sites for hydroxylation is 2. The van der Waals surface area contributed by atoms with Crippen LogP contribution in [0.3, 0.4) is 0 Å². The lowest BCUT2D eigenvalue weighted by Crippen LogP contribution is -2.28. The first kappa shape index (κ1) is 20.8. The zero-order valence-corrected chi connectivity index (χ0v) is 16.6. The van der Waals surface area contributed by atoms with Gasteiger partial charge in [-0.2, -0.15) is 13.2 Å². The Hall–Kier alpha value is -2.88. The quantitative estimate of drug-likeness (QED) is 0.559. The highest BCUT2D eigenvalue weighted by Crippen LogP contribution is 2.22. The molecule has 0 spiro atoms. The molecule has 0 aromatic carbocycles. The first-order chi connectivity index (χ1) is 13.5. The molecule has 3 rings (SSSR count). The molecule has 3 aromatic rings.